The lowest BCUT2D eigenvalue weighted by molar-refractivity contribution is 0.0695. The second-order valence-corrected chi connectivity index (χ2v) is 3.49. The van der Waals surface area contributed by atoms with Crippen molar-refractivity contribution in [3.05, 3.63) is 29.6 Å². The van der Waals surface area contributed by atoms with Crippen LogP contribution in [-0.4, -0.2) is 41.7 Å². The molecular formula is C11H14N2O4. The van der Waals surface area contributed by atoms with Gasteiger partial charge in [0.1, 0.15) is 5.69 Å². The molecule has 0 aliphatic carbocycles. The number of carboxylic acids is 1. The first kappa shape index (κ1) is 13.1. The number of methoxy groups -OCH3 is 1. The van der Waals surface area contributed by atoms with Crippen LogP contribution >= 0.6 is 0 Å². The number of rotatable bonds is 5. The van der Waals surface area contributed by atoms with Crippen LogP contribution in [-0.2, 0) is 4.74 Å². The van der Waals surface area contributed by atoms with Crippen molar-refractivity contribution < 1.29 is 19.4 Å². The van der Waals surface area contributed by atoms with Crippen LogP contribution in [0.5, 0.6) is 0 Å². The molecule has 1 aromatic rings. The minimum Gasteiger partial charge on any atom is -0.478 e. The molecule has 0 aliphatic heterocycles. The first-order valence-electron chi connectivity index (χ1n) is 5.05. The van der Waals surface area contributed by atoms with Crippen LogP contribution in [0.1, 0.15) is 27.8 Å². The van der Waals surface area contributed by atoms with Crippen molar-refractivity contribution >= 4 is 11.9 Å². The van der Waals surface area contributed by atoms with Crippen molar-refractivity contribution in [3.63, 3.8) is 0 Å². The molecule has 0 fully saturated rings. The summed E-state index contributed by atoms with van der Waals surface area (Å²) in [6.45, 7) is 2.19. The maximum Gasteiger partial charge on any atom is 0.337 e. The van der Waals surface area contributed by atoms with E-state index in [1.807, 2.05) is 6.92 Å². The lowest BCUT2D eigenvalue weighted by Gasteiger charge is -2.10. The first-order chi connectivity index (χ1) is 8.04. The molecule has 0 bridgehead atoms. The zero-order chi connectivity index (χ0) is 12.8. The molecule has 1 aromatic heterocycles. The van der Waals surface area contributed by atoms with E-state index in [9.17, 15) is 9.59 Å². The summed E-state index contributed by atoms with van der Waals surface area (Å²) in [6, 6.07) is 2.71. The molecule has 1 unspecified atom stereocenters. The highest BCUT2D eigenvalue weighted by molar-refractivity contribution is 5.93. The number of carboxylic acid groups (broad SMARTS) is 1. The summed E-state index contributed by atoms with van der Waals surface area (Å²) in [5.74, 6) is -1.43. The highest BCUT2D eigenvalue weighted by Gasteiger charge is 2.10. The molecule has 17 heavy (non-hydrogen) atoms. The van der Waals surface area contributed by atoms with Gasteiger partial charge in [0.25, 0.3) is 5.91 Å². The summed E-state index contributed by atoms with van der Waals surface area (Å²) in [7, 11) is 1.55. The lowest BCUT2D eigenvalue weighted by Crippen LogP contribution is -2.32. The van der Waals surface area contributed by atoms with E-state index in [2.05, 4.69) is 10.3 Å². The number of carbonyl (C=O) groups excluding carboxylic acids is 1. The van der Waals surface area contributed by atoms with Crippen LogP contribution in [0.4, 0.5) is 0 Å². The van der Waals surface area contributed by atoms with Crippen LogP contribution in [0.2, 0.25) is 0 Å². The van der Waals surface area contributed by atoms with Crippen molar-refractivity contribution in [1.29, 1.82) is 0 Å². The number of aromatic carboxylic acids is 1. The Morgan fingerprint density at radius 3 is 2.71 bits per heavy atom. The third kappa shape index (κ3) is 3.84. The first-order valence-corrected chi connectivity index (χ1v) is 5.05. The van der Waals surface area contributed by atoms with E-state index in [1.54, 1.807) is 7.11 Å². The van der Waals surface area contributed by atoms with E-state index in [-0.39, 0.29) is 23.3 Å². The third-order valence-electron chi connectivity index (χ3n) is 2.20. The fraction of sp³-hybridized carbons (Fsp3) is 0.364. The Kier molecular flexibility index (Phi) is 4.59. The number of carbonyl (C=O) groups is 2. The van der Waals surface area contributed by atoms with E-state index in [0.717, 1.165) is 6.20 Å². The van der Waals surface area contributed by atoms with Gasteiger partial charge in [-0.25, -0.2) is 4.79 Å². The van der Waals surface area contributed by atoms with Gasteiger partial charge in [0.15, 0.2) is 0 Å². The Labute approximate surface area is 98.6 Å². The maximum atomic E-state index is 11.6. The van der Waals surface area contributed by atoms with E-state index in [1.165, 1.54) is 12.1 Å². The molecule has 2 N–H and O–H groups in total. The highest BCUT2D eigenvalue weighted by Crippen LogP contribution is 2.00. The number of amides is 1. The molecule has 1 heterocycles. The Balaban J connectivity index is 2.61. The lowest BCUT2D eigenvalue weighted by atomic mass is 10.2. The smallest absolute Gasteiger partial charge is 0.337 e. The van der Waals surface area contributed by atoms with Crippen LogP contribution in [0, 0.1) is 0 Å². The molecule has 0 saturated heterocycles. The summed E-state index contributed by atoms with van der Waals surface area (Å²) in [4.78, 5) is 25.9. The molecule has 0 aromatic carbocycles. The Hall–Kier alpha value is -1.95. The average molecular weight is 238 g/mol. The molecule has 6 nitrogen and oxygen atoms in total. The molecule has 0 saturated carbocycles. The molecule has 0 aliphatic rings. The average Bonchev–Trinajstić information content (AvgIpc) is 2.35. The summed E-state index contributed by atoms with van der Waals surface area (Å²) in [6.07, 6.45) is 1.06. The topological polar surface area (TPSA) is 88.5 Å². The van der Waals surface area contributed by atoms with Gasteiger partial charge in [0, 0.05) is 19.9 Å². The van der Waals surface area contributed by atoms with Gasteiger partial charge in [-0.05, 0) is 19.1 Å². The monoisotopic (exact) mass is 238 g/mol. The SMILES string of the molecule is COC(C)CNC(=O)c1ccc(C(=O)O)cn1. The summed E-state index contributed by atoms with van der Waals surface area (Å²) >= 11 is 0. The summed E-state index contributed by atoms with van der Waals surface area (Å²) in [5.41, 5.74) is 0.227. The van der Waals surface area contributed by atoms with Crippen molar-refractivity contribution in [2.45, 2.75) is 13.0 Å². The summed E-state index contributed by atoms with van der Waals surface area (Å²) < 4.78 is 4.97. The predicted molar refractivity (Wildman–Crippen MR) is 60.0 cm³/mol. The molecule has 0 radical (unpaired) electrons. The number of hydrogen-bond donors (Lipinski definition) is 2. The molecular weight excluding hydrogens is 224 g/mol. The third-order valence-corrected chi connectivity index (χ3v) is 2.20. The van der Waals surface area contributed by atoms with Gasteiger partial charge in [0.05, 0.1) is 11.7 Å². The number of hydrogen-bond acceptors (Lipinski definition) is 4. The molecule has 1 rings (SSSR count). The second-order valence-electron chi connectivity index (χ2n) is 3.49. The molecule has 92 valence electrons. The highest BCUT2D eigenvalue weighted by atomic mass is 16.5. The van der Waals surface area contributed by atoms with E-state index >= 15 is 0 Å². The normalized spacial score (nSPS) is 11.9. The largest absolute Gasteiger partial charge is 0.478 e. The molecule has 6 heteroatoms. The Morgan fingerprint density at radius 1 is 1.53 bits per heavy atom. The van der Waals surface area contributed by atoms with Gasteiger partial charge in [-0.2, -0.15) is 0 Å². The van der Waals surface area contributed by atoms with Gasteiger partial charge in [0.2, 0.25) is 0 Å². The minimum absolute atomic E-state index is 0.0480. The Morgan fingerprint density at radius 2 is 2.24 bits per heavy atom. The maximum absolute atomic E-state index is 11.6. The van der Waals surface area contributed by atoms with Crippen molar-refractivity contribution in [2.75, 3.05) is 13.7 Å². The van der Waals surface area contributed by atoms with Gasteiger partial charge in [-0.1, -0.05) is 0 Å². The zero-order valence-corrected chi connectivity index (χ0v) is 9.64. The second kappa shape index (κ2) is 5.95. The van der Waals surface area contributed by atoms with Crippen molar-refractivity contribution in [3.8, 4) is 0 Å². The summed E-state index contributed by atoms with van der Waals surface area (Å²) in [5, 5.41) is 11.3. The van der Waals surface area contributed by atoms with Gasteiger partial charge in [-0.3, -0.25) is 9.78 Å². The van der Waals surface area contributed by atoms with Crippen molar-refractivity contribution in [2.24, 2.45) is 0 Å². The Bertz CT molecular complexity index is 402. The predicted octanol–water partition coefficient (Wildman–Crippen LogP) is 0.544. The van der Waals surface area contributed by atoms with Crippen LogP contribution in [0.15, 0.2) is 18.3 Å². The van der Waals surface area contributed by atoms with E-state index in [4.69, 9.17) is 9.84 Å². The fourth-order valence-corrected chi connectivity index (χ4v) is 1.07. The molecule has 0 spiro atoms. The zero-order valence-electron chi connectivity index (χ0n) is 9.64. The minimum atomic E-state index is -1.07. The van der Waals surface area contributed by atoms with Crippen LogP contribution in [0.25, 0.3) is 0 Å². The molecule has 1 amide bonds. The van der Waals surface area contributed by atoms with Crippen LogP contribution < -0.4 is 5.32 Å². The van der Waals surface area contributed by atoms with Crippen LogP contribution in [0.3, 0.4) is 0 Å². The molecule has 1 atom stereocenters. The number of nitrogens with zero attached hydrogens (tertiary/aromatic N) is 1. The number of ether oxygens (including phenoxy) is 1. The quantitative estimate of drug-likeness (QED) is 0.781. The van der Waals surface area contributed by atoms with E-state index in [0.29, 0.717) is 6.54 Å². The fourth-order valence-electron chi connectivity index (χ4n) is 1.07. The number of aromatic nitrogens is 1. The standard InChI is InChI=1S/C11H14N2O4/c1-7(17-2)5-13-10(14)9-4-3-8(6-12-9)11(15)16/h3-4,6-7H,5H2,1-2H3,(H,13,14)(H,15,16). The van der Waals surface area contributed by atoms with Gasteiger partial charge in [-0.15, -0.1) is 0 Å². The van der Waals surface area contributed by atoms with Gasteiger partial charge < -0.3 is 15.2 Å². The van der Waals surface area contributed by atoms with E-state index < -0.39 is 5.97 Å². The number of pyridine rings is 1. The number of nitrogens with one attached hydrogen (secondary N) is 1. The van der Waals surface area contributed by atoms with Gasteiger partial charge >= 0.3 is 5.97 Å². The van der Waals surface area contributed by atoms with Crippen molar-refractivity contribution in [1.82, 2.24) is 10.3 Å².